The maximum atomic E-state index is 12.8. The second-order valence-corrected chi connectivity index (χ2v) is 7.16. The van der Waals surface area contributed by atoms with E-state index in [1.807, 2.05) is 31.2 Å². The zero-order valence-corrected chi connectivity index (χ0v) is 16.6. The zero-order chi connectivity index (χ0) is 21.0. The van der Waals surface area contributed by atoms with Gasteiger partial charge in [-0.2, -0.15) is 0 Å². The zero-order valence-electron chi connectivity index (χ0n) is 16.6. The molecule has 0 saturated carbocycles. The number of hydrogen-bond acceptors (Lipinski definition) is 5. The van der Waals surface area contributed by atoms with Crippen LogP contribution in [0.2, 0.25) is 0 Å². The first-order valence-corrected chi connectivity index (χ1v) is 9.43. The number of ether oxygens (including phenoxy) is 1. The first kappa shape index (κ1) is 20.3. The number of nitrogens with one attached hydrogen (secondary N) is 1. The van der Waals surface area contributed by atoms with Gasteiger partial charge in [0, 0.05) is 5.39 Å². The Kier molecular flexibility index (Phi) is 6.12. The number of rotatable bonds is 6. The van der Waals surface area contributed by atoms with Gasteiger partial charge >= 0.3 is 11.6 Å². The van der Waals surface area contributed by atoms with Crippen LogP contribution in [0, 0.1) is 6.92 Å². The smallest absolute Gasteiger partial charge is 0.349 e. The van der Waals surface area contributed by atoms with Crippen LogP contribution in [0.15, 0.2) is 63.8 Å². The Hall–Kier alpha value is -3.41. The molecule has 1 N–H and O–H groups in total. The maximum Gasteiger partial charge on any atom is 0.349 e. The van der Waals surface area contributed by atoms with E-state index in [0.717, 1.165) is 11.1 Å². The Labute approximate surface area is 168 Å². The summed E-state index contributed by atoms with van der Waals surface area (Å²) < 4.78 is 10.5. The van der Waals surface area contributed by atoms with Gasteiger partial charge in [-0.1, -0.05) is 48.0 Å². The number of hydrogen-bond donors (Lipinski definition) is 1. The summed E-state index contributed by atoms with van der Waals surface area (Å²) in [6.07, 6.45) is -0.310. The lowest BCUT2D eigenvalue weighted by Crippen LogP contribution is -2.33. The van der Waals surface area contributed by atoms with Gasteiger partial charge < -0.3 is 14.5 Å². The fourth-order valence-electron chi connectivity index (χ4n) is 2.98. The van der Waals surface area contributed by atoms with E-state index in [1.54, 1.807) is 38.1 Å². The molecule has 3 rings (SSSR count). The van der Waals surface area contributed by atoms with Crippen molar-refractivity contribution in [1.82, 2.24) is 5.32 Å². The molecule has 2 aromatic carbocycles. The molecule has 0 spiro atoms. The number of fused-ring (bicyclic) bond motifs is 1. The normalized spacial score (nSPS) is 12.0. The Morgan fingerprint density at radius 2 is 1.76 bits per heavy atom. The average molecular weight is 393 g/mol. The summed E-state index contributed by atoms with van der Waals surface area (Å²) in [5, 5.41) is 3.42. The van der Waals surface area contributed by atoms with Crippen LogP contribution in [0.5, 0.6) is 0 Å². The van der Waals surface area contributed by atoms with Crippen molar-refractivity contribution in [3.63, 3.8) is 0 Å². The van der Waals surface area contributed by atoms with Crippen LogP contribution in [0.4, 0.5) is 0 Å². The maximum absolute atomic E-state index is 12.8. The van der Waals surface area contributed by atoms with Gasteiger partial charge in [-0.3, -0.25) is 9.59 Å². The monoisotopic (exact) mass is 393 g/mol. The van der Waals surface area contributed by atoms with Gasteiger partial charge in [-0.25, -0.2) is 4.79 Å². The molecule has 3 aromatic rings. The predicted molar refractivity (Wildman–Crippen MR) is 110 cm³/mol. The molecule has 1 heterocycles. The molecule has 0 aliphatic carbocycles. The number of amides is 1. The topological polar surface area (TPSA) is 85.6 Å². The van der Waals surface area contributed by atoms with Crippen molar-refractivity contribution in [2.75, 3.05) is 0 Å². The fourth-order valence-corrected chi connectivity index (χ4v) is 2.98. The lowest BCUT2D eigenvalue weighted by atomic mass is 10.0. The standard InChI is InChI=1S/C23H23NO5/c1-14(2)28-21(25)13-19(16-10-8-15(3)9-11-16)24-22(26)18-12-17-6-4-5-7-20(17)29-23(18)27/h4-12,14,19H,13H2,1-3H3,(H,24,26). The van der Waals surface area contributed by atoms with E-state index in [1.165, 1.54) is 6.07 Å². The molecule has 0 fully saturated rings. The molecule has 0 aliphatic heterocycles. The van der Waals surface area contributed by atoms with E-state index in [4.69, 9.17) is 9.15 Å². The molecule has 29 heavy (non-hydrogen) atoms. The third kappa shape index (κ3) is 5.10. The van der Waals surface area contributed by atoms with Crippen LogP contribution in [0.3, 0.4) is 0 Å². The molecular weight excluding hydrogens is 370 g/mol. The Balaban J connectivity index is 1.89. The molecule has 150 valence electrons. The van der Waals surface area contributed by atoms with Crippen LogP contribution in [0.25, 0.3) is 11.0 Å². The minimum Gasteiger partial charge on any atom is -0.463 e. The average Bonchev–Trinajstić information content (AvgIpc) is 2.66. The predicted octanol–water partition coefficient (Wildman–Crippen LogP) is 3.91. The van der Waals surface area contributed by atoms with Crippen molar-refractivity contribution < 1.29 is 18.7 Å². The van der Waals surface area contributed by atoms with Crippen LogP contribution in [-0.4, -0.2) is 18.0 Å². The molecule has 0 saturated heterocycles. The van der Waals surface area contributed by atoms with Gasteiger partial charge in [0.2, 0.25) is 0 Å². The number of benzene rings is 2. The first-order chi connectivity index (χ1) is 13.8. The Morgan fingerprint density at radius 3 is 2.45 bits per heavy atom. The second-order valence-electron chi connectivity index (χ2n) is 7.16. The SMILES string of the molecule is Cc1ccc(C(CC(=O)OC(C)C)NC(=O)c2cc3ccccc3oc2=O)cc1. The molecule has 0 bridgehead atoms. The van der Waals surface area contributed by atoms with Crippen molar-refractivity contribution in [2.24, 2.45) is 0 Å². The number of esters is 1. The molecule has 6 heteroatoms. The van der Waals surface area contributed by atoms with Gasteiger partial charge in [-0.15, -0.1) is 0 Å². The summed E-state index contributed by atoms with van der Waals surface area (Å²) in [5.41, 5.74) is 1.37. The fraction of sp³-hybridized carbons (Fsp3) is 0.261. The van der Waals surface area contributed by atoms with Crippen molar-refractivity contribution >= 4 is 22.8 Å². The highest BCUT2D eigenvalue weighted by molar-refractivity contribution is 5.97. The van der Waals surface area contributed by atoms with Gasteiger partial charge in [0.15, 0.2) is 0 Å². The van der Waals surface area contributed by atoms with E-state index in [2.05, 4.69) is 5.32 Å². The first-order valence-electron chi connectivity index (χ1n) is 9.43. The van der Waals surface area contributed by atoms with E-state index >= 15 is 0 Å². The van der Waals surface area contributed by atoms with Crippen LogP contribution in [-0.2, 0) is 9.53 Å². The highest BCUT2D eigenvalue weighted by atomic mass is 16.5. The summed E-state index contributed by atoms with van der Waals surface area (Å²) >= 11 is 0. The third-order valence-corrected chi connectivity index (χ3v) is 4.41. The van der Waals surface area contributed by atoms with Gasteiger partial charge in [-0.05, 0) is 38.5 Å². The van der Waals surface area contributed by atoms with Gasteiger partial charge in [0.05, 0.1) is 18.6 Å². The molecule has 1 amide bonds. The van der Waals surface area contributed by atoms with Crippen LogP contribution >= 0.6 is 0 Å². The van der Waals surface area contributed by atoms with Gasteiger partial charge in [0.25, 0.3) is 5.91 Å². The number of carbonyl (C=O) groups excluding carboxylic acids is 2. The summed E-state index contributed by atoms with van der Waals surface area (Å²) in [7, 11) is 0. The summed E-state index contributed by atoms with van der Waals surface area (Å²) in [6, 6.07) is 15.3. The van der Waals surface area contributed by atoms with E-state index in [9.17, 15) is 14.4 Å². The molecule has 1 atom stereocenters. The van der Waals surface area contributed by atoms with E-state index in [-0.39, 0.29) is 18.1 Å². The Morgan fingerprint density at radius 1 is 1.07 bits per heavy atom. The minimum atomic E-state index is -0.728. The van der Waals surface area contributed by atoms with Crippen molar-refractivity contribution in [1.29, 1.82) is 0 Å². The second kappa shape index (κ2) is 8.73. The number of aryl methyl sites for hydroxylation is 1. The summed E-state index contributed by atoms with van der Waals surface area (Å²) in [4.78, 5) is 37.3. The molecule has 1 aromatic heterocycles. The van der Waals surface area contributed by atoms with Crippen molar-refractivity contribution in [3.8, 4) is 0 Å². The molecular formula is C23H23NO5. The summed E-state index contributed by atoms with van der Waals surface area (Å²) in [6.45, 7) is 5.47. The highest BCUT2D eigenvalue weighted by Crippen LogP contribution is 2.20. The quantitative estimate of drug-likeness (QED) is 0.507. The molecule has 6 nitrogen and oxygen atoms in total. The van der Waals surface area contributed by atoms with Crippen molar-refractivity contribution in [3.05, 3.63) is 81.7 Å². The van der Waals surface area contributed by atoms with Gasteiger partial charge in [0.1, 0.15) is 11.1 Å². The molecule has 0 aliphatic rings. The minimum absolute atomic E-state index is 0.0497. The van der Waals surface area contributed by atoms with E-state index < -0.39 is 23.5 Å². The van der Waals surface area contributed by atoms with E-state index in [0.29, 0.717) is 11.0 Å². The molecule has 0 radical (unpaired) electrons. The number of carbonyl (C=O) groups is 2. The third-order valence-electron chi connectivity index (χ3n) is 4.41. The van der Waals surface area contributed by atoms with Crippen molar-refractivity contribution in [2.45, 2.75) is 39.3 Å². The Bertz CT molecular complexity index is 1080. The lowest BCUT2D eigenvalue weighted by Gasteiger charge is -2.19. The highest BCUT2D eigenvalue weighted by Gasteiger charge is 2.23. The van der Waals surface area contributed by atoms with Crippen LogP contribution < -0.4 is 10.9 Å². The molecule has 1 unspecified atom stereocenters. The number of para-hydroxylation sites is 1. The lowest BCUT2D eigenvalue weighted by molar-refractivity contribution is -0.147. The summed E-state index contributed by atoms with van der Waals surface area (Å²) in [5.74, 6) is -1.04. The van der Waals surface area contributed by atoms with Crippen LogP contribution in [0.1, 0.15) is 47.8 Å². The largest absolute Gasteiger partial charge is 0.463 e.